The van der Waals surface area contributed by atoms with Crippen molar-refractivity contribution in [1.82, 2.24) is 14.8 Å². The average molecular weight is 354 g/mol. The Balaban J connectivity index is 1.65. The number of carbonyl (C=O) groups is 1. The van der Waals surface area contributed by atoms with Crippen LogP contribution in [0.15, 0.2) is 60.0 Å². The lowest BCUT2D eigenvalue weighted by molar-refractivity contribution is -0.113. The Morgan fingerprint density at radius 1 is 1.20 bits per heavy atom. The molecule has 128 valence electrons. The molecular weight excluding hydrogens is 336 g/mol. The first-order valence-electron chi connectivity index (χ1n) is 7.72. The van der Waals surface area contributed by atoms with Gasteiger partial charge in [0.1, 0.15) is 12.1 Å². The molecule has 6 nitrogen and oxygen atoms in total. The van der Waals surface area contributed by atoms with Gasteiger partial charge < -0.3 is 14.6 Å². The molecule has 2 aromatic carbocycles. The van der Waals surface area contributed by atoms with Crippen LogP contribution in [0.2, 0.25) is 0 Å². The van der Waals surface area contributed by atoms with Crippen LogP contribution in [0.3, 0.4) is 0 Å². The number of nitrogens with one attached hydrogen (secondary N) is 1. The summed E-state index contributed by atoms with van der Waals surface area (Å²) < 4.78 is 7.66. The van der Waals surface area contributed by atoms with Gasteiger partial charge in [0.05, 0.1) is 11.4 Å². The highest BCUT2D eigenvalue weighted by Gasteiger charge is 2.10. The third kappa shape index (κ3) is 4.60. The molecule has 0 aliphatic rings. The van der Waals surface area contributed by atoms with Crippen molar-refractivity contribution < 1.29 is 9.53 Å². The van der Waals surface area contributed by atoms with Gasteiger partial charge in [0, 0.05) is 7.05 Å². The van der Waals surface area contributed by atoms with E-state index >= 15 is 0 Å². The molecule has 1 N–H and O–H groups in total. The first-order chi connectivity index (χ1) is 12.1. The molecule has 0 saturated carbocycles. The zero-order chi connectivity index (χ0) is 17.6. The lowest BCUT2D eigenvalue weighted by atomic mass is 10.2. The van der Waals surface area contributed by atoms with Crippen LogP contribution < -0.4 is 10.1 Å². The molecule has 0 radical (unpaired) electrons. The number of hydrogen-bond donors (Lipinski definition) is 1. The molecule has 3 aromatic rings. The third-order valence-corrected chi connectivity index (χ3v) is 4.45. The number of rotatable bonds is 6. The van der Waals surface area contributed by atoms with Crippen LogP contribution in [0.25, 0.3) is 0 Å². The summed E-state index contributed by atoms with van der Waals surface area (Å²) in [5.74, 6) is 1.43. The topological polar surface area (TPSA) is 69.0 Å². The minimum atomic E-state index is -0.132. The lowest BCUT2D eigenvalue weighted by Crippen LogP contribution is -2.15. The molecule has 25 heavy (non-hydrogen) atoms. The standard InChI is InChI=1S/C18H18N4O2S/c1-13-7-9-14(10-8-13)24-16-6-4-3-5-15(16)20-17(23)11-25-18-21-19-12-22(18)2/h3-10,12H,11H2,1-2H3,(H,20,23). The summed E-state index contributed by atoms with van der Waals surface area (Å²) in [4.78, 5) is 12.2. The molecule has 7 heteroatoms. The molecule has 0 aliphatic heterocycles. The zero-order valence-electron chi connectivity index (χ0n) is 14.0. The second-order valence-electron chi connectivity index (χ2n) is 5.47. The van der Waals surface area contributed by atoms with E-state index in [0.717, 1.165) is 11.3 Å². The Morgan fingerprint density at radius 3 is 2.68 bits per heavy atom. The summed E-state index contributed by atoms with van der Waals surface area (Å²) in [5.41, 5.74) is 1.79. The van der Waals surface area contributed by atoms with Gasteiger partial charge in [-0.25, -0.2) is 0 Å². The normalized spacial score (nSPS) is 10.5. The summed E-state index contributed by atoms with van der Waals surface area (Å²) in [6.07, 6.45) is 1.60. The van der Waals surface area contributed by atoms with Crippen LogP contribution in [0.4, 0.5) is 5.69 Å². The molecule has 0 fully saturated rings. The number of amides is 1. The first-order valence-corrected chi connectivity index (χ1v) is 8.70. The smallest absolute Gasteiger partial charge is 0.234 e. The van der Waals surface area contributed by atoms with Crippen molar-refractivity contribution in [2.75, 3.05) is 11.1 Å². The Morgan fingerprint density at radius 2 is 1.96 bits per heavy atom. The van der Waals surface area contributed by atoms with E-state index in [4.69, 9.17) is 4.74 Å². The molecule has 0 bridgehead atoms. The highest BCUT2D eigenvalue weighted by atomic mass is 32.2. The van der Waals surface area contributed by atoms with Crippen molar-refractivity contribution in [3.63, 3.8) is 0 Å². The molecule has 0 atom stereocenters. The number of aromatic nitrogens is 3. The first kappa shape index (κ1) is 17.0. The van der Waals surface area contributed by atoms with Crippen LogP contribution in [0, 0.1) is 6.92 Å². The molecule has 0 aliphatic carbocycles. The van der Waals surface area contributed by atoms with Crippen molar-refractivity contribution in [3.05, 3.63) is 60.4 Å². The largest absolute Gasteiger partial charge is 0.455 e. The van der Waals surface area contributed by atoms with Crippen LogP contribution >= 0.6 is 11.8 Å². The van der Waals surface area contributed by atoms with Gasteiger partial charge in [-0.3, -0.25) is 4.79 Å². The molecule has 0 saturated heterocycles. The number of ether oxygens (including phenoxy) is 1. The molecule has 1 aromatic heterocycles. The minimum Gasteiger partial charge on any atom is -0.455 e. The van der Waals surface area contributed by atoms with Gasteiger partial charge in [-0.05, 0) is 31.2 Å². The Labute approximate surface area is 150 Å². The number of hydrogen-bond acceptors (Lipinski definition) is 5. The van der Waals surface area contributed by atoms with E-state index in [1.54, 1.807) is 10.9 Å². The summed E-state index contributed by atoms with van der Waals surface area (Å²) in [5, 5.41) is 11.3. The summed E-state index contributed by atoms with van der Waals surface area (Å²) in [6, 6.07) is 15.1. The van der Waals surface area contributed by atoms with Crippen LogP contribution in [-0.4, -0.2) is 26.4 Å². The maximum absolute atomic E-state index is 12.2. The Bertz CT molecular complexity index is 862. The quantitative estimate of drug-likeness (QED) is 0.684. The monoisotopic (exact) mass is 354 g/mol. The maximum Gasteiger partial charge on any atom is 0.234 e. The number of anilines is 1. The van der Waals surface area contributed by atoms with Gasteiger partial charge in [-0.15, -0.1) is 10.2 Å². The van der Waals surface area contributed by atoms with Crippen molar-refractivity contribution in [1.29, 1.82) is 0 Å². The van der Waals surface area contributed by atoms with E-state index in [9.17, 15) is 4.79 Å². The highest BCUT2D eigenvalue weighted by molar-refractivity contribution is 7.99. The second kappa shape index (κ2) is 7.85. The minimum absolute atomic E-state index is 0.132. The summed E-state index contributed by atoms with van der Waals surface area (Å²) >= 11 is 1.33. The van der Waals surface area contributed by atoms with Crippen molar-refractivity contribution >= 4 is 23.4 Å². The predicted molar refractivity (Wildman–Crippen MR) is 98.1 cm³/mol. The number of nitrogens with zero attached hydrogens (tertiary/aromatic N) is 3. The van der Waals surface area contributed by atoms with Crippen LogP contribution in [-0.2, 0) is 11.8 Å². The SMILES string of the molecule is Cc1ccc(Oc2ccccc2NC(=O)CSc2nncn2C)cc1. The molecule has 0 spiro atoms. The zero-order valence-corrected chi connectivity index (χ0v) is 14.8. The van der Waals surface area contributed by atoms with E-state index in [1.165, 1.54) is 11.8 Å². The van der Waals surface area contributed by atoms with Gasteiger partial charge in [0.15, 0.2) is 10.9 Å². The van der Waals surface area contributed by atoms with Gasteiger partial charge in [0.2, 0.25) is 5.91 Å². The van der Waals surface area contributed by atoms with E-state index in [2.05, 4.69) is 15.5 Å². The number of aryl methyl sites for hydroxylation is 2. The predicted octanol–water partition coefficient (Wildman–Crippen LogP) is 3.65. The molecule has 3 rings (SSSR count). The second-order valence-corrected chi connectivity index (χ2v) is 6.42. The summed E-state index contributed by atoms with van der Waals surface area (Å²) in [7, 11) is 1.84. The van der Waals surface area contributed by atoms with E-state index in [0.29, 0.717) is 16.6 Å². The fourth-order valence-electron chi connectivity index (χ4n) is 2.11. The van der Waals surface area contributed by atoms with Crippen molar-refractivity contribution in [2.24, 2.45) is 7.05 Å². The third-order valence-electron chi connectivity index (χ3n) is 3.41. The fraction of sp³-hybridized carbons (Fsp3) is 0.167. The Hall–Kier alpha value is -2.80. The van der Waals surface area contributed by atoms with Crippen molar-refractivity contribution in [3.8, 4) is 11.5 Å². The number of benzene rings is 2. The number of thioether (sulfide) groups is 1. The van der Waals surface area contributed by atoms with E-state index in [1.807, 2.05) is 62.5 Å². The fourth-order valence-corrected chi connectivity index (χ4v) is 2.80. The van der Waals surface area contributed by atoms with Crippen molar-refractivity contribution in [2.45, 2.75) is 12.1 Å². The molecule has 0 unspecified atom stereocenters. The van der Waals surface area contributed by atoms with Gasteiger partial charge in [-0.2, -0.15) is 0 Å². The Kier molecular flexibility index (Phi) is 5.35. The summed E-state index contributed by atoms with van der Waals surface area (Å²) in [6.45, 7) is 2.02. The lowest BCUT2D eigenvalue weighted by Gasteiger charge is -2.12. The van der Waals surface area contributed by atoms with Gasteiger partial charge in [-0.1, -0.05) is 41.6 Å². The van der Waals surface area contributed by atoms with E-state index < -0.39 is 0 Å². The van der Waals surface area contributed by atoms with Crippen LogP contribution in [0.1, 0.15) is 5.56 Å². The maximum atomic E-state index is 12.2. The average Bonchev–Trinajstić information content (AvgIpc) is 3.02. The molecule has 1 heterocycles. The van der Waals surface area contributed by atoms with Crippen LogP contribution in [0.5, 0.6) is 11.5 Å². The molecule has 1 amide bonds. The van der Waals surface area contributed by atoms with Gasteiger partial charge >= 0.3 is 0 Å². The van der Waals surface area contributed by atoms with E-state index in [-0.39, 0.29) is 11.7 Å². The number of carbonyl (C=O) groups excluding carboxylic acids is 1. The highest BCUT2D eigenvalue weighted by Crippen LogP contribution is 2.29. The molecular formula is C18H18N4O2S. The van der Waals surface area contributed by atoms with Gasteiger partial charge in [0.25, 0.3) is 0 Å². The number of para-hydroxylation sites is 2.